The second-order valence-electron chi connectivity index (χ2n) is 7.47. The van der Waals surface area contributed by atoms with Gasteiger partial charge in [-0.1, -0.05) is 32.9 Å². The topological polar surface area (TPSA) is 15.3 Å². The van der Waals surface area contributed by atoms with Crippen LogP contribution in [0.25, 0.3) is 0 Å². The van der Waals surface area contributed by atoms with E-state index in [1.807, 2.05) is 0 Å². The fourth-order valence-corrected chi connectivity index (χ4v) is 3.74. The zero-order chi connectivity index (χ0) is 14.2. The Kier molecular flexibility index (Phi) is 3.66. The molecule has 0 aromatic heterocycles. The summed E-state index contributed by atoms with van der Waals surface area (Å²) in [5.74, 6) is 0.867. The summed E-state index contributed by atoms with van der Waals surface area (Å²) in [5.41, 5.74) is 4.81. The van der Waals surface area contributed by atoms with Crippen molar-refractivity contribution < 1.29 is 0 Å². The average Bonchev–Trinajstić information content (AvgIpc) is 2.46. The number of anilines is 2. The highest BCUT2D eigenvalue weighted by Crippen LogP contribution is 2.38. The molecule has 0 radical (unpaired) electrons. The molecule has 2 aliphatic rings. The number of piperidine rings is 1. The molecule has 0 saturated carbocycles. The standard InChI is InChI=1S/C18H28N2/c1-18(2,3)15-9-12-20(13-10-15)16-8-4-6-14-7-5-11-19-17(14)16/h4,6,8,15,19H,5,7,9-13H2,1-3H3. The van der Waals surface area contributed by atoms with Crippen molar-refractivity contribution in [1.82, 2.24) is 0 Å². The summed E-state index contributed by atoms with van der Waals surface area (Å²) in [7, 11) is 0. The maximum atomic E-state index is 3.63. The Balaban J connectivity index is 1.76. The van der Waals surface area contributed by atoms with Gasteiger partial charge in [0.05, 0.1) is 11.4 Å². The van der Waals surface area contributed by atoms with E-state index in [0.717, 1.165) is 12.5 Å². The Morgan fingerprint density at radius 3 is 2.60 bits per heavy atom. The predicted octanol–water partition coefficient (Wildman–Crippen LogP) is 4.31. The number of rotatable bonds is 1. The summed E-state index contributed by atoms with van der Waals surface area (Å²) >= 11 is 0. The van der Waals surface area contributed by atoms with Gasteiger partial charge in [-0.2, -0.15) is 0 Å². The van der Waals surface area contributed by atoms with Gasteiger partial charge in [-0.15, -0.1) is 0 Å². The fraction of sp³-hybridized carbons (Fsp3) is 0.667. The minimum absolute atomic E-state index is 0.459. The SMILES string of the molecule is CC(C)(C)C1CCN(c2cccc3c2NCCC3)CC1. The summed E-state index contributed by atoms with van der Waals surface area (Å²) in [6.07, 6.45) is 5.15. The van der Waals surface area contributed by atoms with Crippen LogP contribution in [0.5, 0.6) is 0 Å². The molecule has 0 spiro atoms. The van der Waals surface area contributed by atoms with Gasteiger partial charge in [-0.3, -0.25) is 0 Å². The van der Waals surface area contributed by atoms with E-state index in [2.05, 4.69) is 49.2 Å². The maximum absolute atomic E-state index is 3.63. The van der Waals surface area contributed by atoms with Crippen molar-refractivity contribution in [2.24, 2.45) is 11.3 Å². The summed E-state index contributed by atoms with van der Waals surface area (Å²) in [4.78, 5) is 2.60. The molecule has 2 nitrogen and oxygen atoms in total. The molecule has 0 aliphatic carbocycles. The lowest BCUT2D eigenvalue weighted by atomic mass is 9.75. The van der Waals surface area contributed by atoms with Crippen LogP contribution in [-0.4, -0.2) is 19.6 Å². The number of fused-ring (bicyclic) bond motifs is 1. The summed E-state index contributed by atoms with van der Waals surface area (Å²) in [6, 6.07) is 6.82. The molecule has 1 aromatic rings. The van der Waals surface area contributed by atoms with Crippen LogP contribution in [-0.2, 0) is 6.42 Å². The smallest absolute Gasteiger partial charge is 0.0610 e. The molecule has 0 bridgehead atoms. The minimum Gasteiger partial charge on any atom is -0.383 e. The monoisotopic (exact) mass is 272 g/mol. The molecule has 1 fully saturated rings. The van der Waals surface area contributed by atoms with E-state index >= 15 is 0 Å². The van der Waals surface area contributed by atoms with Gasteiger partial charge < -0.3 is 10.2 Å². The summed E-state index contributed by atoms with van der Waals surface area (Å²) in [5, 5.41) is 3.63. The van der Waals surface area contributed by atoms with Crippen LogP contribution in [0.1, 0.15) is 45.6 Å². The second kappa shape index (κ2) is 5.31. The van der Waals surface area contributed by atoms with E-state index < -0.39 is 0 Å². The predicted molar refractivity (Wildman–Crippen MR) is 87.6 cm³/mol. The van der Waals surface area contributed by atoms with Crippen LogP contribution in [0, 0.1) is 11.3 Å². The van der Waals surface area contributed by atoms with E-state index in [1.54, 1.807) is 0 Å². The number of para-hydroxylation sites is 1. The number of hydrogen-bond donors (Lipinski definition) is 1. The number of aryl methyl sites for hydroxylation is 1. The van der Waals surface area contributed by atoms with Crippen LogP contribution in [0.4, 0.5) is 11.4 Å². The first-order valence-electron chi connectivity index (χ1n) is 8.16. The molecular formula is C18H28N2. The first-order valence-corrected chi connectivity index (χ1v) is 8.16. The lowest BCUT2D eigenvalue weighted by molar-refractivity contribution is 0.199. The zero-order valence-electron chi connectivity index (χ0n) is 13.2. The first kappa shape index (κ1) is 13.8. The van der Waals surface area contributed by atoms with Crippen molar-refractivity contribution in [2.45, 2.75) is 46.5 Å². The van der Waals surface area contributed by atoms with E-state index in [-0.39, 0.29) is 0 Å². The molecule has 3 rings (SSSR count). The Hall–Kier alpha value is -1.18. The van der Waals surface area contributed by atoms with E-state index in [9.17, 15) is 0 Å². The highest BCUT2D eigenvalue weighted by atomic mass is 15.2. The minimum atomic E-state index is 0.459. The van der Waals surface area contributed by atoms with Gasteiger partial charge in [0.15, 0.2) is 0 Å². The van der Waals surface area contributed by atoms with Crippen molar-refractivity contribution in [3.8, 4) is 0 Å². The summed E-state index contributed by atoms with van der Waals surface area (Å²) in [6.45, 7) is 10.7. The Bertz CT molecular complexity index is 465. The van der Waals surface area contributed by atoms with Gasteiger partial charge in [0.2, 0.25) is 0 Å². The van der Waals surface area contributed by atoms with Gasteiger partial charge in [0.25, 0.3) is 0 Å². The number of nitrogens with zero attached hydrogens (tertiary/aromatic N) is 1. The van der Waals surface area contributed by atoms with Crippen molar-refractivity contribution in [3.63, 3.8) is 0 Å². The van der Waals surface area contributed by atoms with E-state index in [4.69, 9.17) is 0 Å². The van der Waals surface area contributed by atoms with Crippen LogP contribution in [0.15, 0.2) is 18.2 Å². The molecule has 2 heterocycles. The average molecular weight is 272 g/mol. The molecule has 2 aliphatic heterocycles. The number of nitrogens with one attached hydrogen (secondary N) is 1. The normalized spacial score (nSPS) is 20.4. The van der Waals surface area contributed by atoms with E-state index in [1.165, 1.54) is 55.7 Å². The van der Waals surface area contributed by atoms with Crippen molar-refractivity contribution in [3.05, 3.63) is 23.8 Å². The Labute approximate surface area is 123 Å². The zero-order valence-corrected chi connectivity index (χ0v) is 13.2. The van der Waals surface area contributed by atoms with E-state index in [0.29, 0.717) is 5.41 Å². The van der Waals surface area contributed by atoms with Gasteiger partial charge in [-0.25, -0.2) is 0 Å². The molecule has 0 unspecified atom stereocenters. The second-order valence-corrected chi connectivity index (χ2v) is 7.47. The number of hydrogen-bond acceptors (Lipinski definition) is 2. The quantitative estimate of drug-likeness (QED) is 0.819. The van der Waals surface area contributed by atoms with Crippen LogP contribution >= 0.6 is 0 Å². The molecule has 20 heavy (non-hydrogen) atoms. The third-order valence-electron chi connectivity index (χ3n) is 5.11. The Morgan fingerprint density at radius 1 is 1.15 bits per heavy atom. The molecule has 0 atom stereocenters. The molecular weight excluding hydrogens is 244 g/mol. The molecule has 0 amide bonds. The van der Waals surface area contributed by atoms with Crippen LogP contribution in [0.3, 0.4) is 0 Å². The van der Waals surface area contributed by atoms with Crippen molar-refractivity contribution in [1.29, 1.82) is 0 Å². The van der Waals surface area contributed by atoms with Gasteiger partial charge in [0, 0.05) is 19.6 Å². The third-order valence-corrected chi connectivity index (χ3v) is 5.11. The molecule has 1 saturated heterocycles. The number of benzene rings is 1. The molecule has 110 valence electrons. The van der Waals surface area contributed by atoms with Crippen molar-refractivity contribution >= 4 is 11.4 Å². The van der Waals surface area contributed by atoms with Crippen molar-refractivity contribution in [2.75, 3.05) is 29.9 Å². The lowest BCUT2D eigenvalue weighted by Gasteiger charge is -2.40. The highest BCUT2D eigenvalue weighted by molar-refractivity contribution is 5.74. The van der Waals surface area contributed by atoms with Gasteiger partial charge in [-0.05, 0) is 48.6 Å². The highest BCUT2D eigenvalue weighted by Gasteiger charge is 2.29. The third kappa shape index (κ3) is 2.65. The van der Waals surface area contributed by atoms with Gasteiger partial charge in [0.1, 0.15) is 0 Å². The Morgan fingerprint density at radius 2 is 1.90 bits per heavy atom. The fourth-order valence-electron chi connectivity index (χ4n) is 3.74. The van der Waals surface area contributed by atoms with Gasteiger partial charge >= 0.3 is 0 Å². The molecule has 1 aromatic carbocycles. The lowest BCUT2D eigenvalue weighted by Crippen LogP contribution is -2.38. The largest absolute Gasteiger partial charge is 0.383 e. The maximum Gasteiger partial charge on any atom is 0.0610 e. The first-order chi connectivity index (χ1) is 9.55. The van der Waals surface area contributed by atoms with Crippen LogP contribution in [0.2, 0.25) is 0 Å². The molecule has 1 N–H and O–H groups in total. The summed E-state index contributed by atoms with van der Waals surface area (Å²) < 4.78 is 0. The van der Waals surface area contributed by atoms with Crippen LogP contribution < -0.4 is 10.2 Å². The molecule has 2 heteroatoms.